The first-order valence-electron chi connectivity index (χ1n) is 9.53. The van der Waals surface area contributed by atoms with Crippen molar-refractivity contribution in [2.75, 3.05) is 5.32 Å². The van der Waals surface area contributed by atoms with Gasteiger partial charge in [-0.15, -0.1) is 0 Å². The van der Waals surface area contributed by atoms with Crippen LogP contribution in [-0.4, -0.2) is 5.91 Å². The van der Waals surface area contributed by atoms with E-state index in [1.807, 2.05) is 62.4 Å². The number of nitrogens with zero attached hydrogens (tertiary/aromatic N) is 1. The molecule has 0 saturated heterocycles. The molecule has 0 aliphatic carbocycles. The minimum atomic E-state index is -0.468. The Balaban J connectivity index is 1.71. The molecule has 1 N–H and O–H groups in total. The molecule has 6 heteroatoms. The Morgan fingerprint density at radius 3 is 2.52 bits per heavy atom. The van der Waals surface area contributed by atoms with Gasteiger partial charge in [-0.25, -0.2) is 0 Å². The number of nitriles is 1. The third kappa shape index (κ3) is 6.33. The minimum absolute atomic E-state index is 0.0106. The first kappa shape index (κ1) is 22.9. The fraction of sp³-hybridized carbons (Fsp3) is 0.120. The molecule has 3 aromatic carbocycles. The standard InChI is InChI=1S/C25H20ClIN2O2/c1-16-3-9-23(17(2)11-16)29-25(30)20(14-28)12-19-6-10-24(22(26)13-19)31-15-18-4-7-21(27)8-5-18/h3-13H,15H2,1-2H3,(H,29,30)/b20-12+. The predicted octanol–water partition coefficient (Wildman–Crippen LogP) is 6.69. The molecule has 0 unspecified atom stereocenters. The van der Waals surface area contributed by atoms with E-state index in [4.69, 9.17) is 16.3 Å². The van der Waals surface area contributed by atoms with Gasteiger partial charge in [-0.3, -0.25) is 4.79 Å². The van der Waals surface area contributed by atoms with Crippen LogP contribution in [0.1, 0.15) is 22.3 Å². The van der Waals surface area contributed by atoms with Crippen LogP contribution >= 0.6 is 34.2 Å². The van der Waals surface area contributed by atoms with Gasteiger partial charge >= 0.3 is 0 Å². The Hall–Kier alpha value is -2.82. The molecule has 0 atom stereocenters. The number of amides is 1. The second-order valence-corrected chi connectivity index (χ2v) is 8.70. The van der Waals surface area contributed by atoms with E-state index >= 15 is 0 Å². The molecule has 0 aliphatic heterocycles. The summed E-state index contributed by atoms with van der Waals surface area (Å²) in [5.41, 5.74) is 4.38. The molecule has 0 heterocycles. The van der Waals surface area contributed by atoms with Crippen LogP contribution in [0.2, 0.25) is 5.02 Å². The first-order chi connectivity index (χ1) is 14.9. The number of nitrogens with one attached hydrogen (secondary N) is 1. The highest BCUT2D eigenvalue weighted by atomic mass is 127. The van der Waals surface area contributed by atoms with Crippen molar-refractivity contribution in [3.05, 3.63) is 97.1 Å². The van der Waals surface area contributed by atoms with Gasteiger partial charge in [-0.1, -0.05) is 47.5 Å². The molecule has 156 valence electrons. The maximum atomic E-state index is 12.6. The van der Waals surface area contributed by atoms with Crippen molar-refractivity contribution in [3.8, 4) is 11.8 Å². The molecule has 0 aliphatic rings. The molecule has 0 bridgehead atoms. The molecular formula is C25H20ClIN2O2. The number of benzene rings is 3. The topological polar surface area (TPSA) is 62.1 Å². The van der Waals surface area contributed by atoms with E-state index in [0.717, 1.165) is 20.3 Å². The summed E-state index contributed by atoms with van der Waals surface area (Å²) in [5.74, 6) is 0.0696. The van der Waals surface area contributed by atoms with Gasteiger partial charge in [0, 0.05) is 9.26 Å². The van der Waals surface area contributed by atoms with Crippen molar-refractivity contribution in [2.45, 2.75) is 20.5 Å². The molecule has 3 aromatic rings. The van der Waals surface area contributed by atoms with E-state index in [9.17, 15) is 10.1 Å². The van der Waals surface area contributed by atoms with Crippen LogP contribution in [0.4, 0.5) is 5.69 Å². The number of hydrogen-bond donors (Lipinski definition) is 1. The lowest BCUT2D eigenvalue weighted by atomic mass is 10.1. The van der Waals surface area contributed by atoms with Crippen molar-refractivity contribution in [1.29, 1.82) is 5.26 Å². The Morgan fingerprint density at radius 2 is 1.87 bits per heavy atom. The van der Waals surface area contributed by atoms with Crippen LogP contribution in [0, 0.1) is 28.7 Å². The van der Waals surface area contributed by atoms with E-state index < -0.39 is 5.91 Å². The van der Waals surface area contributed by atoms with E-state index in [1.54, 1.807) is 18.2 Å². The van der Waals surface area contributed by atoms with Crippen LogP contribution in [0.15, 0.2) is 66.2 Å². The molecule has 1 amide bonds. The quantitative estimate of drug-likeness (QED) is 0.215. The van der Waals surface area contributed by atoms with E-state index in [1.165, 1.54) is 6.08 Å². The van der Waals surface area contributed by atoms with Crippen molar-refractivity contribution < 1.29 is 9.53 Å². The lowest BCUT2D eigenvalue weighted by Gasteiger charge is -2.10. The van der Waals surface area contributed by atoms with Crippen molar-refractivity contribution in [2.24, 2.45) is 0 Å². The number of rotatable bonds is 6. The van der Waals surface area contributed by atoms with Crippen LogP contribution in [0.3, 0.4) is 0 Å². The number of halogens is 2. The Bertz CT molecular complexity index is 1180. The highest BCUT2D eigenvalue weighted by Gasteiger charge is 2.12. The number of carbonyl (C=O) groups excluding carboxylic acids is 1. The zero-order valence-corrected chi connectivity index (χ0v) is 20.0. The Labute approximate surface area is 200 Å². The van der Waals surface area contributed by atoms with Crippen molar-refractivity contribution >= 4 is 51.9 Å². The number of hydrogen-bond acceptors (Lipinski definition) is 3. The molecule has 0 radical (unpaired) electrons. The number of ether oxygens (including phenoxy) is 1. The second kappa shape index (κ2) is 10.5. The average Bonchev–Trinajstić information content (AvgIpc) is 2.74. The van der Waals surface area contributed by atoms with E-state index in [-0.39, 0.29) is 5.57 Å². The molecular weight excluding hydrogens is 523 g/mol. The van der Waals surface area contributed by atoms with Crippen LogP contribution in [-0.2, 0) is 11.4 Å². The highest BCUT2D eigenvalue weighted by Crippen LogP contribution is 2.27. The van der Waals surface area contributed by atoms with Gasteiger partial charge < -0.3 is 10.1 Å². The molecule has 0 saturated carbocycles. The second-order valence-electron chi connectivity index (χ2n) is 7.05. The maximum absolute atomic E-state index is 12.6. The fourth-order valence-corrected chi connectivity index (χ4v) is 3.53. The Kier molecular flexibility index (Phi) is 7.72. The molecule has 0 spiro atoms. The third-order valence-electron chi connectivity index (χ3n) is 4.57. The summed E-state index contributed by atoms with van der Waals surface area (Å²) >= 11 is 8.61. The van der Waals surface area contributed by atoms with Crippen molar-refractivity contribution in [1.82, 2.24) is 0 Å². The van der Waals surface area contributed by atoms with Gasteiger partial charge in [0.2, 0.25) is 0 Å². The highest BCUT2D eigenvalue weighted by molar-refractivity contribution is 14.1. The normalized spacial score (nSPS) is 11.0. The third-order valence-corrected chi connectivity index (χ3v) is 5.58. The number of carbonyl (C=O) groups is 1. The summed E-state index contributed by atoms with van der Waals surface area (Å²) in [4.78, 5) is 12.6. The largest absolute Gasteiger partial charge is 0.487 e. The fourth-order valence-electron chi connectivity index (χ4n) is 2.92. The molecule has 31 heavy (non-hydrogen) atoms. The molecule has 4 nitrogen and oxygen atoms in total. The minimum Gasteiger partial charge on any atom is -0.487 e. The Morgan fingerprint density at radius 1 is 1.13 bits per heavy atom. The summed E-state index contributed by atoms with van der Waals surface area (Å²) in [5, 5.41) is 12.7. The summed E-state index contributed by atoms with van der Waals surface area (Å²) in [6, 6.07) is 20.9. The zero-order valence-electron chi connectivity index (χ0n) is 17.1. The van der Waals surface area contributed by atoms with Gasteiger partial charge in [0.15, 0.2) is 0 Å². The SMILES string of the molecule is Cc1ccc(NC(=O)/C(C#N)=C/c2ccc(OCc3ccc(I)cc3)c(Cl)c2)c(C)c1. The van der Waals surface area contributed by atoms with E-state index in [0.29, 0.717) is 28.6 Å². The van der Waals surface area contributed by atoms with Crippen LogP contribution in [0.25, 0.3) is 6.08 Å². The van der Waals surface area contributed by atoms with Gasteiger partial charge in [-0.05, 0) is 89.5 Å². The summed E-state index contributed by atoms with van der Waals surface area (Å²) in [6.45, 7) is 4.29. The first-order valence-corrected chi connectivity index (χ1v) is 11.0. The number of anilines is 1. The predicted molar refractivity (Wildman–Crippen MR) is 133 cm³/mol. The van der Waals surface area contributed by atoms with Gasteiger partial charge in [-0.2, -0.15) is 5.26 Å². The average molecular weight is 543 g/mol. The molecule has 0 aromatic heterocycles. The molecule has 0 fully saturated rings. The lowest BCUT2D eigenvalue weighted by Crippen LogP contribution is -2.14. The summed E-state index contributed by atoms with van der Waals surface area (Å²) in [6.07, 6.45) is 1.51. The number of aryl methyl sites for hydroxylation is 2. The summed E-state index contributed by atoms with van der Waals surface area (Å²) < 4.78 is 6.96. The van der Waals surface area contributed by atoms with Gasteiger partial charge in [0.1, 0.15) is 24.0 Å². The molecule has 3 rings (SSSR count). The van der Waals surface area contributed by atoms with E-state index in [2.05, 4.69) is 27.9 Å². The maximum Gasteiger partial charge on any atom is 0.266 e. The van der Waals surface area contributed by atoms with Crippen LogP contribution in [0.5, 0.6) is 5.75 Å². The van der Waals surface area contributed by atoms with Gasteiger partial charge in [0.25, 0.3) is 5.91 Å². The smallest absolute Gasteiger partial charge is 0.266 e. The lowest BCUT2D eigenvalue weighted by molar-refractivity contribution is -0.112. The summed E-state index contributed by atoms with van der Waals surface area (Å²) in [7, 11) is 0. The van der Waals surface area contributed by atoms with Gasteiger partial charge in [0.05, 0.1) is 5.02 Å². The van der Waals surface area contributed by atoms with Crippen molar-refractivity contribution in [3.63, 3.8) is 0 Å². The zero-order chi connectivity index (χ0) is 22.4. The van der Waals surface area contributed by atoms with Crippen LogP contribution < -0.4 is 10.1 Å². The monoisotopic (exact) mass is 542 g/mol.